The summed E-state index contributed by atoms with van der Waals surface area (Å²) in [6, 6.07) is -0.0855. The molecule has 2 atom stereocenters. The number of nitrogens with zero attached hydrogens (tertiary/aromatic N) is 3. The minimum atomic E-state index is -4.54. The van der Waals surface area contributed by atoms with E-state index in [2.05, 4.69) is 10.4 Å². The molecule has 0 saturated carbocycles. The Hall–Kier alpha value is -1.61. The van der Waals surface area contributed by atoms with Crippen molar-refractivity contribution < 1.29 is 23.1 Å². The summed E-state index contributed by atoms with van der Waals surface area (Å²) in [5, 5.41) is 15.4. The zero-order valence-corrected chi connectivity index (χ0v) is 12.1. The van der Waals surface area contributed by atoms with Crippen molar-refractivity contribution in [2.45, 2.75) is 25.2 Å². The second-order valence-electron chi connectivity index (χ2n) is 5.02. The Morgan fingerprint density at radius 3 is 2.62 bits per heavy atom. The van der Waals surface area contributed by atoms with E-state index < -0.39 is 29.9 Å². The summed E-state index contributed by atoms with van der Waals surface area (Å²) >= 11 is 0. The molecule has 1 heterocycles. The van der Waals surface area contributed by atoms with Crippen LogP contribution in [0.4, 0.5) is 13.2 Å². The summed E-state index contributed by atoms with van der Waals surface area (Å²) in [5.41, 5.74) is -1.05. The van der Waals surface area contributed by atoms with E-state index in [1.807, 2.05) is 0 Å². The molecule has 9 heteroatoms. The third-order valence-corrected chi connectivity index (χ3v) is 2.76. The smallest absolute Gasteiger partial charge is 0.390 e. The van der Waals surface area contributed by atoms with E-state index in [9.17, 15) is 23.1 Å². The largest absolute Gasteiger partial charge is 0.435 e. The van der Waals surface area contributed by atoms with Crippen LogP contribution >= 0.6 is 0 Å². The van der Waals surface area contributed by atoms with Crippen molar-refractivity contribution in [1.82, 2.24) is 20.0 Å². The average molecular weight is 308 g/mol. The summed E-state index contributed by atoms with van der Waals surface area (Å²) < 4.78 is 38.2. The summed E-state index contributed by atoms with van der Waals surface area (Å²) in [6.45, 7) is 1.82. The Balaban J connectivity index is 2.56. The number of amides is 1. The van der Waals surface area contributed by atoms with E-state index in [0.717, 1.165) is 16.9 Å². The van der Waals surface area contributed by atoms with Crippen molar-refractivity contribution in [1.29, 1.82) is 0 Å². The number of likely N-dealkylation sites (N-methyl/N-ethyl adjacent to an activating group) is 1. The van der Waals surface area contributed by atoms with Crippen molar-refractivity contribution in [2.75, 3.05) is 27.2 Å². The Kier molecular flexibility index (Phi) is 5.73. The molecule has 1 rings (SSSR count). The Bertz CT molecular complexity index is 473. The fraction of sp³-hybridized carbons (Fsp3) is 0.667. The highest BCUT2D eigenvalue weighted by Crippen LogP contribution is 2.27. The van der Waals surface area contributed by atoms with Gasteiger partial charge in [-0.25, -0.2) is 0 Å². The summed E-state index contributed by atoms with van der Waals surface area (Å²) in [4.78, 5) is 13.6. The number of rotatable bonds is 6. The second-order valence-corrected chi connectivity index (χ2v) is 5.02. The SMILES string of the molecule is CC(C(=O)NCC(O)CN(C)C)n1ccc(C(F)(F)F)n1. The number of alkyl halides is 3. The molecule has 0 aliphatic rings. The number of aliphatic hydroxyl groups is 1. The molecule has 1 aromatic rings. The van der Waals surface area contributed by atoms with Crippen LogP contribution in [0.2, 0.25) is 0 Å². The summed E-state index contributed by atoms with van der Waals surface area (Å²) in [6.07, 6.45) is -4.19. The Morgan fingerprint density at radius 1 is 1.52 bits per heavy atom. The molecule has 0 saturated heterocycles. The number of hydrogen-bond donors (Lipinski definition) is 2. The summed E-state index contributed by atoms with van der Waals surface area (Å²) in [7, 11) is 3.55. The predicted molar refractivity (Wildman–Crippen MR) is 69.5 cm³/mol. The lowest BCUT2D eigenvalue weighted by atomic mass is 10.3. The maximum Gasteiger partial charge on any atom is 0.435 e. The first kappa shape index (κ1) is 17.4. The van der Waals surface area contributed by atoms with Crippen molar-refractivity contribution in [3.05, 3.63) is 18.0 Å². The van der Waals surface area contributed by atoms with Gasteiger partial charge in [0.05, 0.1) is 6.10 Å². The van der Waals surface area contributed by atoms with Gasteiger partial charge in [-0.1, -0.05) is 0 Å². The molecule has 0 radical (unpaired) electrons. The minimum absolute atomic E-state index is 0.0226. The zero-order chi connectivity index (χ0) is 16.2. The minimum Gasteiger partial charge on any atom is -0.390 e. The molecule has 1 aromatic heterocycles. The van der Waals surface area contributed by atoms with Crippen molar-refractivity contribution in [2.24, 2.45) is 0 Å². The van der Waals surface area contributed by atoms with Gasteiger partial charge in [0, 0.05) is 19.3 Å². The molecule has 2 unspecified atom stereocenters. The van der Waals surface area contributed by atoms with Gasteiger partial charge < -0.3 is 15.3 Å². The van der Waals surface area contributed by atoms with E-state index in [4.69, 9.17) is 0 Å². The van der Waals surface area contributed by atoms with E-state index in [-0.39, 0.29) is 6.54 Å². The molecule has 0 aromatic carbocycles. The lowest BCUT2D eigenvalue weighted by Crippen LogP contribution is -2.40. The number of aromatic nitrogens is 2. The molecule has 1 amide bonds. The third kappa shape index (κ3) is 5.35. The van der Waals surface area contributed by atoms with Gasteiger partial charge in [0.2, 0.25) is 5.91 Å². The van der Waals surface area contributed by atoms with Gasteiger partial charge in [-0.15, -0.1) is 0 Å². The number of nitrogens with one attached hydrogen (secondary N) is 1. The highest BCUT2D eigenvalue weighted by atomic mass is 19.4. The molecule has 6 nitrogen and oxygen atoms in total. The molecule has 0 bridgehead atoms. The monoisotopic (exact) mass is 308 g/mol. The van der Waals surface area contributed by atoms with Gasteiger partial charge in [0.1, 0.15) is 6.04 Å². The topological polar surface area (TPSA) is 70.4 Å². The fourth-order valence-corrected chi connectivity index (χ4v) is 1.68. The van der Waals surface area contributed by atoms with Crippen molar-refractivity contribution in [3.63, 3.8) is 0 Å². The second kappa shape index (κ2) is 6.90. The Labute approximate surface area is 120 Å². The van der Waals surface area contributed by atoms with Crippen LogP contribution in [0.3, 0.4) is 0 Å². The lowest BCUT2D eigenvalue weighted by Gasteiger charge is -2.18. The van der Waals surface area contributed by atoms with E-state index in [1.54, 1.807) is 19.0 Å². The third-order valence-electron chi connectivity index (χ3n) is 2.76. The van der Waals surface area contributed by atoms with Crippen LogP contribution in [0.1, 0.15) is 18.7 Å². The molecule has 2 N–H and O–H groups in total. The van der Waals surface area contributed by atoms with E-state index >= 15 is 0 Å². The van der Waals surface area contributed by atoms with Crippen LogP contribution in [-0.4, -0.2) is 59.0 Å². The lowest BCUT2D eigenvalue weighted by molar-refractivity contribution is -0.142. The number of aliphatic hydroxyl groups excluding tert-OH is 1. The molecule has 120 valence electrons. The highest BCUT2D eigenvalue weighted by molar-refractivity contribution is 5.79. The van der Waals surface area contributed by atoms with Crippen molar-refractivity contribution >= 4 is 5.91 Å². The van der Waals surface area contributed by atoms with Gasteiger partial charge in [0.25, 0.3) is 0 Å². The van der Waals surface area contributed by atoms with Crippen molar-refractivity contribution in [3.8, 4) is 0 Å². The van der Waals surface area contributed by atoms with Gasteiger partial charge >= 0.3 is 6.18 Å². The van der Waals surface area contributed by atoms with Gasteiger partial charge in [-0.3, -0.25) is 9.48 Å². The fourth-order valence-electron chi connectivity index (χ4n) is 1.68. The van der Waals surface area contributed by atoms with Gasteiger partial charge in [-0.05, 0) is 27.1 Å². The van der Waals surface area contributed by atoms with Crippen LogP contribution in [-0.2, 0) is 11.0 Å². The molecule has 0 fully saturated rings. The number of carbonyl (C=O) groups excluding carboxylic acids is 1. The van der Waals surface area contributed by atoms with Crippen LogP contribution < -0.4 is 5.32 Å². The number of hydrogen-bond acceptors (Lipinski definition) is 4. The van der Waals surface area contributed by atoms with Crippen LogP contribution in [0.25, 0.3) is 0 Å². The normalized spacial score (nSPS) is 15.0. The molecule has 21 heavy (non-hydrogen) atoms. The van der Waals surface area contributed by atoms with Crippen LogP contribution in [0, 0.1) is 0 Å². The molecule has 0 spiro atoms. The highest BCUT2D eigenvalue weighted by Gasteiger charge is 2.34. The zero-order valence-electron chi connectivity index (χ0n) is 12.1. The van der Waals surface area contributed by atoms with Gasteiger partial charge in [-0.2, -0.15) is 18.3 Å². The maximum atomic E-state index is 12.4. The predicted octanol–water partition coefficient (Wildman–Crippen LogP) is 0.502. The quantitative estimate of drug-likeness (QED) is 0.803. The molecular weight excluding hydrogens is 289 g/mol. The number of carbonyl (C=O) groups is 1. The van der Waals surface area contributed by atoms with Crippen LogP contribution in [0.5, 0.6) is 0 Å². The van der Waals surface area contributed by atoms with Crippen LogP contribution in [0.15, 0.2) is 12.3 Å². The van der Waals surface area contributed by atoms with Gasteiger partial charge in [0.15, 0.2) is 5.69 Å². The first-order valence-corrected chi connectivity index (χ1v) is 6.34. The summed E-state index contributed by atoms with van der Waals surface area (Å²) in [5.74, 6) is -0.510. The standard InChI is InChI=1S/C12H19F3N4O2/c1-8(11(21)16-6-9(20)7-18(2)3)19-5-4-10(17-19)12(13,14)15/h4-5,8-9,20H,6-7H2,1-3H3,(H,16,21). The van der Waals surface area contributed by atoms with E-state index in [1.165, 1.54) is 6.92 Å². The maximum absolute atomic E-state index is 12.4. The number of halogens is 3. The Morgan fingerprint density at radius 2 is 2.14 bits per heavy atom. The van der Waals surface area contributed by atoms with E-state index in [0.29, 0.717) is 6.54 Å². The average Bonchev–Trinajstić information content (AvgIpc) is 2.83. The molecule has 0 aliphatic heterocycles. The first-order valence-electron chi connectivity index (χ1n) is 6.34. The molecular formula is C12H19F3N4O2. The first-order chi connectivity index (χ1) is 9.61. The molecule has 0 aliphatic carbocycles.